The molecule has 96 valence electrons. The molecule has 3 N–H and O–H groups in total. The van der Waals surface area contributed by atoms with Gasteiger partial charge in [-0.3, -0.25) is 4.79 Å². The number of carboxylic acids is 1. The monoisotopic (exact) mass is 268 g/mol. The molecule has 1 amide bonds. The Morgan fingerprint density at radius 1 is 1.44 bits per heavy atom. The van der Waals surface area contributed by atoms with Crippen molar-refractivity contribution in [3.05, 3.63) is 28.8 Å². The number of carbonyl (C=O) groups excluding carboxylic acids is 1. The lowest BCUT2D eigenvalue weighted by molar-refractivity contribution is -0.117. The van der Waals surface area contributed by atoms with E-state index in [1.165, 1.54) is 18.2 Å². The molecule has 1 aromatic rings. The predicted molar refractivity (Wildman–Crippen MR) is 68.1 cm³/mol. The first-order chi connectivity index (χ1) is 8.58. The third kappa shape index (κ3) is 2.80. The minimum Gasteiger partial charge on any atom is -0.478 e. The average molecular weight is 269 g/mol. The van der Waals surface area contributed by atoms with Gasteiger partial charge in [-0.25, -0.2) is 4.79 Å². The van der Waals surface area contributed by atoms with Gasteiger partial charge < -0.3 is 15.7 Å². The van der Waals surface area contributed by atoms with Crippen LogP contribution in [0.15, 0.2) is 18.2 Å². The molecule has 0 aliphatic carbocycles. The molecule has 0 radical (unpaired) electrons. The van der Waals surface area contributed by atoms with E-state index in [2.05, 4.69) is 10.6 Å². The summed E-state index contributed by atoms with van der Waals surface area (Å²) < 4.78 is 0. The normalized spacial score (nSPS) is 18.6. The Labute approximate surface area is 109 Å². The van der Waals surface area contributed by atoms with Crippen LogP contribution in [0.25, 0.3) is 0 Å². The van der Waals surface area contributed by atoms with Crippen LogP contribution in [-0.4, -0.2) is 29.6 Å². The van der Waals surface area contributed by atoms with Crippen LogP contribution in [0.1, 0.15) is 23.2 Å². The summed E-state index contributed by atoms with van der Waals surface area (Å²) in [6, 6.07) is 4.03. The van der Waals surface area contributed by atoms with Crippen LogP contribution in [0.3, 0.4) is 0 Å². The second-order valence-electron chi connectivity index (χ2n) is 4.14. The standard InChI is InChI=1S/C12H13ClN2O3/c13-8-6-7(12(17)18)3-4-9(8)15-11(16)10-2-1-5-14-10/h3-4,6,10,14H,1-2,5H2,(H,15,16)(H,17,18). The van der Waals surface area contributed by atoms with Gasteiger partial charge in [0, 0.05) is 0 Å². The third-order valence-electron chi connectivity index (χ3n) is 2.85. The molecular formula is C12H13ClN2O3. The highest BCUT2D eigenvalue weighted by Gasteiger charge is 2.22. The maximum absolute atomic E-state index is 11.8. The topological polar surface area (TPSA) is 78.4 Å². The van der Waals surface area contributed by atoms with E-state index in [4.69, 9.17) is 16.7 Å². The minimum absolute atomic E-state index is 0.0944. The number of aromatic carboxylic acids is 1. The van der Waals surface area contributed by atoms with Gasteiger partial charge in [-0.05, 0) is 37.6 Å². The molecule has 1 aliphatic rings. The molecule has 2 rings (SSSR count). The third-order valence-corrected chi connectivity index (χ3v) is 3.16. The number of benzene rings is 1. The Morgan fingerprint density at radius 2 is 2.22 bits per heavy atom. The summed E-state index contributed by atoms with van der Waals surface area (Å²) in [5, 5.41) is 14.8. The molecule has 0 saturated carbocycles. The van der Waals surface area contributed by atoms with Crippen LogP contribution in [-0.2, 0) is 4.79 Å². The molecule has 1 aliphatic heterocycles. The summed E-state index contributed by atoms with van der Waals surface area (Å²) in [4.78, 5) is 22.6. The summed E-state index contributed by atoms with van der Waals surface area (Å²) >= 11 is 5.93. The maximum Gasteiger partial charge on any atom is 0.335 e. The minimum atomic E-state index is -1.05. The Hall–Kier alpha value is -1.59. The molecule has 1 fully saturated rings. The highest BCUT2D eigenvalue weighted by molar-refractivity contribution is 6.34. The zero-order valence-corrected chi connectivity index (χ0v) is 10.3. The second kappa shape index (κ2) is 5.37. The average Bonchev–Trinajstić information content (AvgIpc) is 2.85. The van der Waals surface area contributed by atoms with E-state index >= 15 is 0 Å². The Bertz CT molecular complexity index is 484. The second-order valence-corrected chi connectivity index (χ2v) is 4.55. The summed E-state index contributed by atoms with van der Waals surface area (Å²) in [6.07, 6.45) is 1.78. The van der Waals surface area contributed by atoms with E-state index in [0.717, 1.165) is 19.4 Å². The lowest BCUT2D eigenvalue weighted by Gasteiger charge is -2.12. The number of carboxylic acid groups (broad SMARTS) is 1. The van der Waals surface area contributed by atoms with Gasteiger partial charge in [-0.15, -0.1) is 0 Å². The fourth-order valence-electron chi connectivity index (χ4n) is 1.88. The van der Waals surface area contributed by atoms with Crippen molar-refractivity contribution in [2.75, 3.05) is 11.9 Å². The predicted octanol–water partition coefficient (Wildman–Crippen LogP) is 1.73. The molecule has 0 spiro atoms. The van der Waals surface area contributed by atoms with E-state index in [1.54, 1.807) is 0 Å². The molecule has 1 heterocycles. The number of anilines is 1. The van der Waals surface area contributed by atoms with Crippen LogP contribution in [0, 0.1) is 0 Å². The first-order valence-corrected chi connectivity index (χ1v) is 6.03. The largest absolute Gasteiger partial charge is 0.478 e. The molecule has 1 atom stereocenters. The van der Waals surface area contributed by atoms with Gasteiger partial charge in [-0.1, -0.05) is 11.6 Å². The van der Waals surface area contributed by atoms with Crippen molar-refractivity contribution in [3.8, 4) is 0 Å². The van der Waals surface area contributed by atoms with Crippen molar-refractivity contribution in [1.29, 1.82) is 0 Å². The summed E-state index contributed by atoms with van der Waals surface area (Å²) in [7, 11) is 0. The molecule has 1 aromatic carbocycles. The van der Waals surface area contributed by atoms with Gasteiger partial charge >= 0.3 is 5.97 Å². The fourth-order valence-corrected chi connectivity index (χ4v) is 2.11. The van der Waals surface area contributed by atoms with Gasteiger partial charge in [0.15, 0.2) is 0 Å². The van der Waals surface area contributed by atoms with Crippen molar-refractivity contribution in [1.82, 2.24) is 5.32 Å². The summed E-state index contributed by atoms with van der Waals surface area (Å²) in [6.45, 7) is 0.837. The number of rotatable bonds is 3. The van der Waals surface area contributed by atoms with Crippen molar-refractivity contribution in [2.24, 2.45) is 0 Å². The molecule has 0 aromatic heterocycles. The van der Waals surface area contributed by atoms with Crippen LogP contribution < -0.4 is 10.6 Å². The number of hydrogen-bond acceptors (Lipinski definition) is 3. The van der Waals surface area contributed by atoms with Crippen LogP contribution in [0.5, 0.6) is 0 Å². The number of hydrogen-bond donors (Lipinski definition) is 3. The van der Waals surface area contributed by atoms with Crippen molar-refractivity contribution >= 4 is 29.2 Å². The molecule has 6 heteroatoms. The Kier molecular flexibility index (Phi) is 3.84. The Balaban J connectivity index is 2.09. The van der Waals surface area contributed by atoms with E-state index in [9.17, 15) is 9.59 Å². The van der Waals surface area contributed by atoms with Crippen molar-refractivity contribution in [2.45, 2.75) is 18.9 Å². The number of amides is 1. The van der Waals surface area contributed by atoms with Crippen molar-refractivity contribution < 1.29 is 14.7 Å². The molecule has 18 heavy (non-hydrogen) atoms. The fraction of sp³-hybridized carbons (Fsp3) is 0.333. The maximum atomic E-state index is 11.8. The van der Waals surface area contributed by atoms with Gasteiger partial charge in [0.25, 0.3) is 0 Å². The van der Waals surface area contributed by atoms with Crippen LogP contribution in [0.2, 0.25) is 5.02 Å². The van der Waals surface area contributed by atoms with Gasteiger partial charge in [0.1, 0.15) is 0 Å². The van der Waals surface area contributed by atoms with E-state index in [-0.39, 0.29) is 22.5 Å². The summed E-state index contributed by atoms with van der Waals surface area (Å²) in [5.41, 5.74) is 0.525. The van der Waals surface area contributed by atoms with Crippen LogP contribution in [0.4, 0.5) is 5.69 Å². The van der Waals surface area contributed by atoms with E-state index < -0.39 is 5.97 Å². The number of carbonyl (C=O) groups is 2. The first-order valence-electron chi connectivity index (χ1n) is 5.65. The molecule has 0 bridgehead atoms. The zero-order chi connectivity index (χ0) is 13.1. The lowest BCUT2D eigenvalue weighted by Crippen LogP contribution is -2.35. The van der Waals surface area contributed by atoms with E-state index in [1.807, 2.05) is 0 Å². The molecule has 5 nitrogen and oxygen atoms in total. The SMILES string of the molecule is O=C(O)c1ccc(NC(=O)C2CCCN2)c(Cl)c1. The highest BCUT2D eigenvalue weighted by Crippen LogP contribution is 2.23. The quantitative estimate of drug-likeness (QED) is 0.780. The lowest BCUT2D eigenvalue weighted by atomic mass is 10.2. The summed E-state index contributed by atoms with van der Waals surface area (Å²) in [5.74, 6) is -1.19. The highest BCUT2D eigenvalue weighted by atomic mass is 35.5. The van der Waals surface area contributed by atoms with Crippen LogP contribution >= 0.6 is 11.6 Å². The van der Waals surface area contributed by atoms with Gasteiger partial charge in [0.05, 0.1) is 22.3 Å². The number of nitrogens with one attached hydrogen (secondary N) is 2. The zero-order valence-electron chi connectivity index (χ0n) is 9.57. The van der Waals surface area contributed by atoms with Crippen molar-refractivity contribution in [3.63, 3.8) is 0 Å². The molecule has 1 unspecified atom stereocenters. The van der Waals surface area contributed by atoms with E-state index in [0.29, 0.717) is 5.69 Å². The van der Waals surface area contributed by atoms with Gasteiger partial charge in [0.2, 0.25) is 5.91 Å². The molecule has 1 saturated heterocycles. The Morgan fingerprint density at radius 3 is 2.78 bits per heavy atom. The molecular weight excluding hydrogens is 256 g/mol. The van der Waals surface area contributed by atoms with Gasteiger partial charge in [-0.2, -0.15) is 0 Å². The first kappa shape index (κ1) is 12.9. The smallest absolute Gasteiger partial charge is 0.335 e. The number of halogens is 1.